The molecule has 0 radical (unpaired) electrons. The lowest BCUT2D eigenvalue weighted by atomic mass is 9.95. The fourth-order valence-electron chi connectivity index (χ4n) is 4.99. The maximum absolute atomic E-state index is 13.5. The first-order valence-corrected chi connectivity index (χ1v) is 12.3. The number of hydrogen-bond donors (Lipinski definition) is 2. The maximum Gasteiger partial charge on any atom is 0.328 e. The number of fused-ring (bicyclic) bond motifs is 2. The number of amides is 3. The number of rotatable bonds is 7. The van der Waals surface area contributed by atoms with Gasteiger partial charge in [-0.05, 0) is 18.1 Å². The number of H-pyrrole nitrogens is 1. The second kappa shape index (κ2) is 9.66. The number of methoxy groups -OCH3 is 1. The standard InChI is InChI=1S/C29H28N4O5/c1-16(2)26(29(37)38-4)31-23(34)15-33-14-20(18-10-6-8-12-22(18)33)25-24(27(35)32(3)28(25)36)19-13-30-21-11-7-5-9-17(19)21/h5-14,16,26,30H,15H2,1-4H3,(H,31,34)/t26-/m1/s1. The lowest BCUT2D eigenvalue weighted by molar-refractivity contribution is -0.146. The minimum absolute atomic E-state index is 0.0889. The zero-order valence-electron chi connectivity index (χ0n) is 21.6. The molecule has 3 heterocycles. The van der Waals surface area contributed by atoms with Gasteiger partial charge in [0.2, 0.25) is 5.91 Å². The minimum Gasteiger partial charge on any atom is -0.467 e. The van der Waals surface area contributed by atoms with Gasteiger partial charge in [0, 0.05) is 52.4 Å². The first kappa shape index (κ1) is 25.0. The molecular formula is C29H28N4O5. The smallest absolute Gasteiger partial charge is 0.328 e. The van der Waals surface area contributed by atoms with Gasteiger partial charge in [0.1, 0.15) is 12.6 Å². The summed E-state index contributed by atoms with van der Waals surface area (Å²) in [6.45, 7) is 3.56. The molecule has 2 aromatic heterocycles. The van der Waals surface area contributed by atoms with Crippen molar-refractivity contribution in [2.75, 3.05) is 14.2 Å². The van der Waals surface area contributed by atoms with E-state index in [1.807, 2.05) is 62.4 Å². The number of carbonyl (C=O) groups is 4. The topological polar surface area (TPSA) is 114 Å². The van der Waals surface area contributed by atoms with Gasteiger partial charge in [0.05, 0.1) is 18.3 Å². The highest BCUT2D eigenvalue weighted by Crippen LogP contribution is 2.40. The number of nitrogens with one attached hydrogen (secondary N) is 2. The van der Waals surface area contributed by atoms with Crippen molar-refractivity contribution in [1.82, 2.24) is 19.8 Å². The van der Waals surface area contributed by atoms with Gasteiger partial charge in [0.25, 0.3) is 11.8 Å². The lowest BCUT2D eigenvalue weighted by Crippen LogP contribution is -2.46. The number of esters is 1. The van der Waals surface area contributed by atoms with E-state index in [-0.39, 0.29) is 29.9 Å². The molecule has 5 rings (SSSR count). The molecule has 38 heavy (non-hydrogen) atoms. The van der Waals surface area contributed by atoms with Gasteiger partial charge in [-0.3, -0.25) is 19.3 Å². The van der Waals surface area contributed by atoms with Gasteiger partial charge >= 0.3 is 5.97 Å². The Labute approximate surface area is 219 Å². The number of ether oxygens (including phenoxy) is 1. The van der Waals surface area contributed by atoms with Crippen LogP contribution in [0.15, 0.2) is 60.9 Å². The number of hydrogen-bond acceptors (Lipinski definition) is 5. The van der Waals surface area contributed by atoms with Gasteiger partial charge in [-0.15, -0.1) is 0 Å². The molecule has 4 aromatic rings. The Morgan fingerprint density at radius 1 is 0.947 bits per heavy atom. The minimum atomic E-state index is -0.785. The molecule has 0 spiro atoms. The van der Waals surface area contributed by atoms with Crippen molar-refractivity contribution in [3.63, 3.8) is 0 Å². The van der Waals surface area contributed by atoms with Gasteiger partial charge < -0.3 is 19.6 Å². The highest BCUT2D eigenvalue weighted by Gasteiger charge is 2.39. The summed E-state index contributed by atoms with van der Waals surface area (Å²) in [5.41, 5.74) is 3.38. The quantitative estimate of drug-likeness (QED) is 0.291. The first-order chi connectivity index (χ1) is 18.2. The van der Waals surface area contributed by atoms with Crippen LogP contribution in [-0.2, 0) is 30.5 Å². The number of para-hydroxylation sites is 2. The molecule has 0 unspecified atom stereocenters. The van der Waals surface area contributed by atoms with E-state index in [4.69, 9.17) is 4.74 Å². The first-order valence-electron chi connectivity index (χ1n) is 12.3. The summed E-state index contributed by atoms with van der Waals surface area (Å²) in [6, 6.07) is 14.2. The van der Waals surface area contributed by atoms with Crippen LogP contribution in [0.3, 0.4) is 0 Å². The number of aromatic nitrogens is 2. The van der Waals surface area contributed by atoms with Crippen LogP contribution in [0.25, 0.3) is 33.0 Å². The van der Waals surface area contributed by atoms with E-state index in [0.29, 0.717) is 16.7 Å². The highest BCUT2D eigenvalue weighted by molar-refractivity contribution is 6.50. The van der Waals surface area contributed by atoms with Crippen LogP contribution >= 0.6 is 0 Å². The summed E-state index contributed by atoms with van der Waals surface area (Å²) in [5, 5.41) is 4.32. The monoisotopic (exact) mass is 512 g/mol. The molecule has 2 aromatic carbocycles. The zero-order valence-corrected chi connectivity index (χ0v) is 21.6. The molecule has 0 saturated carbocycles. The molecule has 194 valence electrons. The van der Waals surface area contributed by atoms with Gasteiger partial charge in [-0.2, -0.15) is 0 Å². The third-order valence-electron chi connectivity index (χ3n) is 6.96. The summed E-state index contributed by atoms with van der Waals surface area (Å²) >= 11 is 0. The number of aromatic amines is 1. The number of carbonyl (C=O) groups excluding carboxylic acids is 4. The van der Waals surface area contributed by atoms with Crippen molar-refractivity contribution >= 4 is 56.6 Å². The normalized spacial score (nSPS) is 14.7. The predicted molar refractivity (Wildman–Crippen MR) is 144 cm³/mol. The molecule has 1 aliphatic heterocycles. The van der Waals surface area contributed by atoms with E-state index in [9.17, 15) is 19.2 Å². The molecule has 0 aliphatic carbocycles. The Hall–Kier alpha value is -4.66. The van der Waals surface area contributed by atoms with Crippen LogP contribution < -0.4 is 5.32 Å². The molecule has 9 heteroatoms. The second-order valence-corrected chi connectivity index (χ2v) is 9.67. The van der Waals surface area contributed by atoms with E-state index in [1.165, 1.54) is 14.2 Å². The molecule has 1 atom stereocenters. The molecule has 3 amide bonds. The van der Waals surface area contributed by atoms with Crippen LogP contribution in [0, 0.1) is 5.92 Å². The molecule has 1 aliphatic rings. The van der Waals surface area contributed by atoms with E-state index < -0.39 is 17.9 Å². The van der Waals surface area contributed by atoms with Crippen molar-refractivity contribution < 1.29 is 23.9 Å². The second-order valence-electron chi connectivity index (χ2n) is 9.67. The van der Waals surface area contributed by atoms with Crippen molar-refractivity contribution in [3.8, 4) is 0 Å². The molecule has 0 bridgehead atoms. The molecule has 9 nitrogen and oxygen atoms in total. The average molecular weight is 513 g/mol. The Kier molecular flexibility index (Phi) is 6.36. The number of benzene rings is 2. The number of imide groups is 1. The third kappa shape index (κ3) is 4.06. The fourth-order valence-corrected chi connectivity index (χ4v) is 4.99. The van der Waals surface area contributed by atoms with E-state index in [2.05, 4.69) is 10.3 Å². The Balaban J connectivity index is 1.62. The summed E-state index contributed by atoms with van der Waals surface area (Å²) in [7, 11) is 2.75. The van der Waals surface area contributed by atoms with Gasteiger partial charge in [-0.1, -0.05) is 50.2 Å². The van der Waals surface area contributed by atoms with Crippen molar-refractivity contribution in [1.29, 1.82) is 0 Å². The van der Waals surface area contributed by atoms with Crippen LogP contribution in [0.5, 0.6) is 0 Å². The third-order valence-corrected chi connectivity index (χ3v) is 6.96. The van der Waals surface area contributed by atoms with Crippen LogP contribution in [-0.4, -0.2) is 58.3 Å². The van der Waals surface area contributed by atoms with Crippen molar-refractivity contribution in [3.05, 3.63) is 72.1 Å². The number of nitrogens with zero attached hydrogens (tertiary/aromatic N) is 2. The van der Waals surface area contributed by atoms with Crippen molar-refractivity contribution in [2.45, 2.75) is 26.4 Å². The fraction of sp³-hybridized carbons (Fsp3) is 0.241. The largest absolute Gasteiger partial charge is 0.467 e. The molecule has 0 fully saturated rings. The van der Waals surface area contributed by atoms with Crippen LogP contribution in [0.2, 0.25) is 0 Å². The highest BCUT2D eigenvalue weighted by atomic mass is 16.5. The van der Waals surface area contributed by atoms with Crippen LogP contribution in [0.1, 0.15) is 25.0 Å². The Morgan fingerprint density at radius 2 is 1.58 bits per heavy atom. The molecular weight excluding hydrogens is 484 g/mol. The maximum atomic E-state index is 13.5. The summed E-state index contributed by atoms with van der Waals surface area (Å²) < 4.78 is 6.56. The summed E-state index contributed by atoms with van der Waals surface area (Å²) in [5.74, 6) is -1.85. The van der Waals surface area contributed by atoms with Crippen LogP contribution in [0.4, 0.5) is 0 Å². The lowest BCUT2D eigenvalue weighted by Gasteiger charge is -2.20. The number of likely N-dealkylation sites (N-methyl/N-ethyl adjacent to an activating group) is 1. The summed E-state index contributed by atoms with van der Waals surface area (Å²) in [4.78, 5) is 56.3. The zero-order chi connectivity index (χ0) is 27.1. The Bertz CT molecular complexity index is 1640. The average Bonchev–Trinajstić information content (AvgIpc) is 3.56. The van der Waals surface area contributed by atoms with E-state index in [1.54, 1.807) is 17.0 Å². The predicted octanol–water partition coefficient (Wildman–Crippen LogP) is 3.35. The molecule has 0 saturated heterocycles. The van der Waals surface area contributed by atoms with E-state index >= 15 is 0 Å². The molecule has 2 N–H and O–H groups in total. The summed E-state index contributed by atoms with van der Waals surface area (Å²) in [6.07, 6.45) is 3.47. The van der Waals surface area contributed by atoms with Gasteiger partial charge in [0.15, 0.2) is 0 Å². The van der Waals surface area contributed by atoms with Crippen molar-refractivity contribution in [2.24, 2.45) is 5.92 Å². The van der Waals surface area contributed by atoms with Gasteiger partial charge in [-0.25, -0.2) is 4.79 Å². The SMILES string of the molecule is COC(=O)[C@H](NC(=O)Cn1cc(C2=C(c3c[nH]c4ccccc34)C(=O)N(C)C2=O)c2ccccc21)C(C)C. The van der Waals surface area contributed by atoms with E-state index in [0.717, 1.165) is 26.7 Å². The Morgan fingerprint density at radius 3 is 2.26 bits per heavy atom.